The van der Waals surface area contributed by atoms with E-state index in [4.69, 9.17) is 0 Å². The van der Waals surface area contributed by atoms with Gasteiger partial charge >= 0.3 is 0 Å². The molecule has 3 aromatic rings. The molecule has 0 amide bonds. The van der Waals surface area contributed by atoms with Gasteiger partial charge in [0.15, 0.2) is 5.82 Å². The van der Waals surface area contributed by atoms with E-state index in [9.17, 15) is 5.11 Å². The van der Waals surface area contributed by atoms with Crippen molar-refractivity contribution in [2.75, 3.05) is 0 Å². The Morgan fingerprint density at radius 2 is 1.62 bits per heavy atom. The second-order valence-electron chi connectivity index (χ2n) is 7.97. The number of aliphatic imine (C=N–C) groups is 1. The summed E-state index contributed by atoms with van der Waals surface area (Å²) in [5.41, 5.74) is 6.21. The molecule has 1 unspecified atom stereocenters. The molecule has 170 valence electrons. The van der Waals surface area contributed by atoms with Gasteiger partial charge in [0.25, 0.3) is 0 Å². The van der Waals surface area contributed by atoms with Gasteiger partial charge in [0.05, 0.1) is 5.60 Å². The average molecular weight is 433 g/mol. The summed E-state index contributed by atoms with van der Waals surface area (Å²) in [7, 11) is 0. The third-order valence-corrected chi connectivity index (χ3v) is 5.52. The maximum Gasteiger partial charge on any atom is 0.156 e. The summed E-state index contributed by atoms with van der Waals surface area (Å²) in [6.45, 7) is 14.1. The molecule has 0 saturated carbocycles. The molecular formula is C27H36N4O. The lowest BCUT2D eigenvalue weighted by molar-refractivity contribution is 0.0652. The minimum absolute atomic E-state index is 0.481. The lowest BCUT2D eigenvalue weighted by atomic mass is 9.89. The zero-order chi connectivity index (χ0) is 23.7. The van der Waals surface area contributed by atoms with Crippen LogP contribution in [0, 0.1) is 0 Å². The minimum atomic E-state index is -0.989. The van der Waals surface area contributed by atoms with Gasteiger partial charge in [-0.3, -0.25) is 10.1 Å². The number of H-pyrrole nitrogens is 1. The minimum Gasteiger partial charge on any atom is -0.385 e. The first-order chi connectivity index (χ1) is 15.3. The number of hydrogen-bond acceptors (Lipinski definition) is 4. The van der Waals surface area contributed by atoms with Crippen LogP contribution >= 0.6 is 0 Å². The van der Waals surface area contributed by atoms with Crippen LogP contribution in [0.3, 0.4) is 0 Å². The van der Waals surface area contributed by atoms with E-state index in [1.165, 1.54) is 11.9 Å². The predicted molar refractivity (Wildman–Crippen MR) is 135 cm³/mol. The van der Waals surface area contributed by atoms with Gasteiger partial charge in [-0.2, -0.15) is 5.10 Å². The van der Waals surface area contributed by atoms with Gasteiger partial charge in [-0.1, -0.05) is 74.9 Å². The Kier molecular flexibility index (Phi) is 9.09. The molecule has 2 N–H and O–H groups in total. The maximum atomic E-state index is 11.1. The molecule has 32 heavy (non-hydrogen) atoms. The van der Waals surface area contributed by atoms with Gasteiger partial charge in [0.1, 0.15) is 6.33 Å². The fourth-order valence-corrected chi connectivity index (χ4v) is 3.56. The molecule has 1 atom stereocenters. The van der Waals surface area contributed by atoms with Crippen LogP contribution in [-0.4, -0.2) is 26.0 Å². The third-order valence-electron chi connectivity index (χ3n) is 5.52. The van der Waals surface area contributed by atoms with Gasteiger partial charge < -0.3 is 5.11 Å². The number of allylic oxidation sites excluding steroid dienone is 2. The Morgan fingerprint density at radius 1 is 1.00 bits per heavy atom. The summed E-state index contributed by atoms with van der Waals surface area (Å²) in [5.74, 6) is 0.735. The van der Waals surface area contributed by atoms with E-state index in [1.807, 2.05) is 77.1 Å². The number of nitrogens with zero attached hydrogens (tertiary/aromatic N) is 3. The second-order valence-corrected chi connectivity index (χ2v) is 7.97. The topological polar surface area (TPSA) is 74.2 Å². The van der Waals surface area contributed by atoms with E-state index in [2.05, 4.69) is 40.1 Å². The zero-order valence-corrected chi connectivity index (χ0v) is 20.4. The molecule has 0 aliphatic carbocycles. The van der Waals surface area contributed by atoms with Crippen molar-refractivity contribution < 1.29 is 5.11 Å². The van der Waals surface area contributed by atoms with Crippen LogP contribution in [0.5, 0.6) is 0 Å². The van der Waals surface area contributed by atoms with Crippen LogP contribution in [0.1, 0.15) is 66.9 Å². The summed E-state index contributed by atoms with van der Waals surface area (Å²) >= 11 is 0. The molecule has 0 saturated heterocycles. The van der Waals surface area contributed by atoms with Gasteiger partial charge in [-0.15, -0.1) is 0 Å². The van der Waals surface area contributed by atoms with Crippen molar-refractivity contribution >= 4 is 5.71 Å². The smallest absolute Gasteiger partial charge is 0.156 e. The molecule has 0 bridgehead atoms. The van der Waals surface area contributed by atoms with Gasteiger partial charge in [0, 0.05) is 23.4 Å². The summed E-state index contributed by atoms with van der Waals surface area (Å²) in [6, 6.07) is 16.1. The highest BCUT2D eigenvalue weighted by molar-refractivity contribution is 5.84. The summed E-state index contributed by atoms with van der Waals surface area (Å²) in [4.78, 5) is 8.96. The molecule has 5 heteroatoms. The number of hydrogen-bond donors (Lipinski definition) is 2. The van der Waals surface area contributed by atoms with Gasteiger partial charge in [-0.25, -0.2) is 4.98 Å². The molecule has 5 nitrogen and oxygen atoms in total. The van der Waals surface area contributed by atoms with Crippen LogP contribution < -0.4 is 0 Å². The van der Waals surface area contributed by atoms with Crippen molar-refractivity contribution in [3.63, 3.8) is 0 Å². The molecule has 2 aromatic carbocycles. The summed E-state index contributed by atoms with van der Waals surface area (Å²) in [5, 5.41) is 18.0. The Labute approximate surface area is 192 Å². The first-order valence-corrected chi connectivity index (χ1v) is 11.3. The van der Waals surface area contributed by atoms with Crippen LogP contribution in [0.25, 0.3) is 22.5 Å². The Bertz CT molecular complexity index is 1050. The first-order valence-electron chi connectivity index (χ1n) is 11.3. The fraction of sp³-hybridized carbons (Fsp3) is 0.370. The van der Waals surface area contributed by atoms with Gasteiger partial charge in [-0.05, 0) is 50.8 Å². The fourth-order valence-electron chi connectivity index (χ4n) is 3.56. The Hall–Kier alpha value is -3.05. The van der Waals surface area contributed by atoms with E-state index in [1.54, 1.807) is 0 Å². The maximum absolute atomic E-state index is 11.1. The van der Waals surface area contributed by atoms with E-state index in [0.717, 1.165) is 45.9 Å². The molecule has 3 rings (SSSR count). The highest BCUT2D eigenvalue weighted by Crippen LogP contribution is 2.32. The number of aromatic nitrogens is 3. The Morgan fingerprint density at radius 3 is 2.19 bits per heavy atom. The molecule has 1 aromatic heterocycles. The van der Waals surface area contributed by atoms with E-state index in [-0.39, 0.29) is 0 Å². The quantitative estimate of drug-likeness (QED) is 0.398. The van der Waals surface area contributed by atoms with Crippen LogP contribution in [0.4, 0.5) is 0 Å². The van der Waals surface area contributed by atoms with Crippen molar-refractivity contribution in [3.8, 4) is 22.5 Å². The monoisotopic (exact) mass is 432 g/mol. The van der Waals surface area contributed by atoms with Crippen molar-refractivity contribution in [1.82, 2.24) is 15.2 Å². The number of benzene rings is 2. The molecule has 1 heterocycles. The summed E-state index contributed by atoms with van der Waals surface area (Å²) < 4.78 is 0. The molecule has 0 fully saturated rings. The second kappa shape index (κ2) is 11.5. The van der Waals surface area contributed by atoms with Crippen LogP contribution in [0.2, 0.25) is 0 Å². The standard InChI is InChI=1S/C25H30N4O.C2H6/c1-6-17(2)19(4)28-18(3)15-25(5,30)21-13-11-20(12-14-21)22-9-7-8-10-23(22)24-26-16-27-29-24;1-2/h7-14,16,30H,6,15H2,1-5H3,(H,26,27,29);1-2H3/b19-17+,28-18?;. The molecule has 0 spiro atoms. The molecule has 0 radical (unpaired) electrons. The number of aliphatic hydroxyl groups is 1. The van der Waals surface area contributed by atoms with Gasteiger partial charge in [0.2, 0.25) is 0 Å². The predicted octanol–water partition coefficient (Wildman–Crippen LogP) is 6.93. The van der Waals surface area contributed by atoms with Crippen molar-refractivity contribution in [3.05, 3.63) is 71.7 Å². The van der Waals surface area contributed by atoms with E-state index < -0.39 is 5.60 Å². The highest BCUT2D eigenvalue weighted by Gasteiger charge is 2.24. The molecule has 0 aliphatic rings. The van der Waals surface area contributed by atoms with E-state index in [0.29, 0.717) is 6.42 Å². The number of aromatic amines is 1. The van der Waals surface area contributed by atoms with Crippen molar-refractivity contribution in [1.29, 1.82) is 0 Å². The lowest BCUT2D eigenvalue weighted by Crippen LogP contribution is -2.24. The molecular weight excluding hydrogens is 396 g/mol. The third kappa shape index (κ3) is 6.24. The highest BCUT2D eigenvalue weighted by atomic mass is 16.3. The average Bonchev–Trinajstić information content (AvgIpc) is 3.34. The van der Waals surface area contributed by atoms with Crippen LogP contribution in [0.15, 0.2) is 71.1 Å². The molecule has 0 aliphatic heterocycles. The summed E-state index contributed by atoms with van der Waals surface area (Å²) in [6.07, 6.45) is 2.97. The lowest BCUT2D eigenvalue weighted by Gasteiger charge is -2.24. The largest absolute Gasteiger partial charge is 0.385 e. The Balaban J connectivity index is 0.00000176. The SMILES string of the molecule is CC.CC/C(C)=C(\C)N=C(C)CC(C)(O)c1ccc(-c2ccccc2-c2ncn[nH]2)cc1. The van der Waals surface area contributed by atoms with E-state index >= 15 is 0 Å². The first kappa shape index (κ1) is 25.2. The normalized spacial score (nSPS) is 14.2. The van der Waals surface area contributed by atoms with Crippen molar-refractivity contribution in [2.24, 2.45) is 4.99 Å². The number of nitrogens with one attached hydrogen (secondary N) is 1. The van der Waals surface area contributed by atoms with Crippen molar-refractivity contribution in [2.45, 2.75) is 66.9 Å². The van der Waals surface area contributed by atoms with Crippen LogP contribution in [-0.2, 0) is 5.60 Å². The number of rotatable bonds is 7. The zero-order valence-electron chi connectivity index (χ0n) is 20.4.